The molecule has 0 aliphatic heterocycles. The molecule has 0 fully saturated rings. The monoisotopic (exact) mass is 803 g/mol. The van der Waals surface area contributed by atoms with Crippen LogP contribution in [-0.2, 0) is 5.54 Å². The van der Waals surface area contributed by atoms with Gasteiger partial charge in [-0.3, -0.25) is 0 Å². The van der Waals surface area contributed by atoms with Crippen molar-refractivity contribution < 1.29 is 8.78 Å². The van der Waals surface area contributed by atoms with Gasteiger partial charge in [0.25, 0.3) is 0 Å². The minimum atomic E-state index is -0.807. The summed E-state index contributed by atoms with van der Waals surface area (Å²) >= 11 is 0. The van der Waals surface area contributed by atoms with Crippen molar-refractivity contribution in [2.24, 2.45) is 0 Å². The normalized spacial score (nSPS) is 12.2. The highest BCUT2D eigenvalue weighted by molar-refractivity contribution is 6.13. The SMILES string of the molecule is CC(C)(c1c(-c2ccc(F)cc2)c(-n2c3ccccc3c3ccccc32)cc(-n2c3ccccc3c3ccccc32)c1-c1ccc(F)cc1)n1c2ccccc2c2ccccc21. The summed E-state index contributed by atoms with van der Waals surface area (Å²) in [4.78, 5) is 0. The molecule has 0 radical (unpaired) electrons. The number of hydrogen-bond acceptors (Lipinski definition) is 0. The van der Waals surface area contributed by atoms with E-state index in [1.807, 2.05) is 24.3 Å². The molecule has 3 heterocycles. The topological polar surface area (TPSA) is 14.8 Å². The van der Waals surface area contributed by atoms with Crippen molar-refractivity contribution >= 4 is 65.4 Å². The van der Waals surface area contributed by atoms with Gasteiger partial charge in [0.05, 0.1) is 39.0 Å². The van der Waals surface area contributed by atoms with E-state index in [1.165, 1.54) is 0 Å². The minimum absolute atomic E-state index is 0.309. The summed E-state index contributed by atoms with van der Waals surface area (Å²) in [6.07, 6.45) is 0. The zero-order valence-corrected chi connectivity index (χ0v) is 34.2. The number of rotatable bonds is 6. The Kier molecular flexibility index (Phi) is 7.94. The van der Waals surface area contributed by atoms with Crippen molar-refractivity contribution in [1.29, 1.82) is 0 Å². The van der Waals surface area contributed by atoms with E-state index in [2.05, 4.69) is 179 Å². The molecule has 0 saturated carbocycles. The molecule has 0 aliphatic carbocycles. The van der Waals surface area contributed by atoms with E-state index in [4.69, 9.17) is 0 Å². The van der Waals surface area contributed by atoms with Crippen LogP contribution in [0.3, 0.4) is 0 Å². The molecule has 5 heteroatoms. The molecule has 0 atom stereocenters. The van der Waals surface area contributed by atoms with Gasteiger partial charge in [-0.15, -0.1) is 0 Å². The van der Waals surface area contributed by atoms with Gasteiger partial charge in [0.2, 0.25) is 0 Å². The third-order valence-corrected chi connectivity index (χ3v) is 12.9. The van der Waals surface area contributed by atoms with Crippen LogP contribution in [0.2, 0.25) is 0 Å². The Balaban J connectivity index is 1.38. The van der Waals surface area contributed by atoms with Crippen molar-refractivity contribution in [2.75, 3.05) is 0 Å². The molecule has 0 saturated heterocycles. The third kappa shape index (κ3) is 5.21. The average Bonchev–Trinajstić information content (AvgIpc) is 3.95. The van der Waals surface area contributed by atoms with E-state index >= 15 is 8.78 Å². The van der Waals surface area contributed by atoms with Crippen LogP contribution in [0.25, 0.3) is 99.0 Å². The number of aromatic nitrogens is 3. The molecule has 12 aromatic rings. The summed E-state index contributed by atoms with van der Waals surface area (Å²) in [6, 6.07) is 67.7. The summed E-state index contributed by atoms with van der Waals surface area (Å²) in [6.45, 7) is 4.60. The fourth-order valence-electron chi connectivity index (χ4n) is 10.4. The molecule has 3 nitrogen and oxygen atoms in total. The van der Waals surface area contributed by atoms with Crippen LogP contribution in [0, 0.1) is 11.6 Å². The Hall–Kier alpha value is -7.76. The second-order valence-electron chi connectivity index (χ2n) is 16.7. The second kappa shape index (κ2) is 13.6. The summed E-state index contributed by atoms with van der Waals surface area (Å²) in [5.74, 6) is -0.618. The van der Waals surface area contributed by atoms with Gasteiger partial charge >= 0.3 is 0 Å². The Labute approximate surface area is 356 Å². The molecule has 0 unspecified atom stereocenters. The molecule has 0 amide bonds. The predicted molar refractivity (Wildman–Crippen MR) is 254 cm³/mol. The lowest BCUT2D eigenvalue weighted by molar-refractivity contribution is 0.467. The van der Waals surface area contributed by atoms with Gasteiger partial charge in [0, 0.05) is 54.5 Å². The van der Waals surface area contributed by atoms with E-state index < -0.39 is 5.54 Å². The molecule has 296 valence electrons. The zero-order chi connectivity index (χ0) is 41.7. The molecule has 0 bridgehead atoms. The highest BCUT2D eigenvalue weighted by Crippen LogP contribution is 2.52. The van der Waals surface area contributed by atoms with Gasteiger partial charge in [0.1, 0.15) is 11.6 Å². The number of fused-ring (bicyclic) bond motifs is 9. The highest BCUT2D eigenvalue weighted by Gasteiger charge is 2.37. The van der Waals surface area contributed by atoms with Gasteiger partial charge in [-0.1, -0.05) is 133 Å². The molecule has 9 aromatic carbocycles. The predicted octanol–water partition coefficient (Wildman–Crippen LogP) is 15.4. The number of halogens is 2. The van der Waals surface area contributed by atoms with Crippen LogP contribution < -0.4 is 0 Å². The van der Waals surface area contributed by atoms with Crippen LogP contribution in [-0.4, -0.2) is 13.7 Å². The van der Waals surface area contributed by atoms with Gasteiger partial charge in [0.15, 0.2) is 0 Å². The highest BCUT2D eigenvalue weighted by atomic mass is 19.1. The first-order chi connectivity index (χ1) is 30.4. The third-order valence-electron chi connectivity index (χ3n) is 12.9. The zero-order valence-electron chi connectivity index (χ0n) is 34.2. The lowest BCUT2D eigenvalue weighted by atomic mass is 9.79. The molecule has 3 aromatic heterocycles. The standard InChI is InChI=1S/C57H39F2N3/c1-57(2,62-50-25-13-7-19-44(50)45-20-8-14-26-51(45)62)56-54(36-27-31-38(58)32-28-36)52(60-46-21-9-3-15-40(46)41-16-4-10-22-47(41)60)35-53(55(56)37-29-33-39(59)34-30-37)61-48-23-11-5-17-42(48)43-18-6-12-24-49(43)61/h3-35H,1-2H3. The fourth-order valence-corrected chi connectivity index (χ4v) is 10.4. The Bertz CT molecular complexity index is 3390. The largest absolute Gasteiger partial charge is 0.331 e. The summed E-state index contributed by atoms with van der Waals surface area (Å²) in [5, 5.41) is 6.86. The number of para-hydroxylation sites is 6. The van der Waals surface area contributed by atoms with Gasteiger partial charge in [-0.05, 0) is 97.3 Å². The van der Waals surface area contributed by atoms with Gasteiger partial charge in [-0.2, -0.15) is 0 Å². The van der Waals surface area contributed by atoms with E-state index in [0.717, 1.165) is 105 Å². The summed E-state index contributed by atoms with van der Waals surface area (Å²) < 4.78 is 37.6. The number of nitrogens with zero attached hydrogens (tertiary/aromatic N) is 3. The van der Waals surface area contributed by atoms with Crippen molar-refractivity contribution in [1.82, 2.24) is 13.7 Å². The summed E-state index contributed by atoms with van der Waals surface area (Å²) in [5.41, 5.74) is 12.1. The first-order valence-corrected chi connectivity index (χ1v) is 21.1. The first kappa shape index (κ1) is 36.1. The van der Waals surface area contributed by atoms with Crippen LogP contribution in [0.1, 0.15) is 19.4 Å². The average molecular weight is 804 g/mol. The Morgan fingerprint density at radius 3 is 0.935 bits per heavy atom. The second-order valence-corrected chi connectivity index (χ2v) is 16.7. The summed E-state index contributed by atoms with van der Waals surface area (Å²) in [7, 11) is 0. The molecule has 62 heavy (non-hydrogen) atoms. The van der Waals surface area contributed by atoms with E-state index in [0.29, 0.717) is 0 Å². The minimum Gasteiger partial charge on any atom is -0.331 e. The lowest BCUT2D eigenvalue weighted by Gasteiger charge is -2.37. The molecular formula is C57H39F2N3. The van der Waals surface area contributed by atoms with Crippen molar-refractivity contribution in [3.63, 3.8) is 0 Å². The maximum atomic E-state index is 15.2. The number of benzene rings is 9. The number of hydrogen-bond donors (Lipinski definition) is 0. The lowest BCUT2D eigenvalue weighted by Crippen LogP contribution is -2.30. The van der Waals surface area contributed by atoms with Crippen molar-refractivity contribution in [3.8, 4) is 33.6 Å². The molecule has 0 N–H and O–H groups in total. The Morgan fingerprint density at radius 1 is 0.339 bits per heavy atom. The first-order valence-electron chi connectivity index (χ1n) is 21.1. The van der Waals surface area contributed by atoms with Gasteiger partial charge < -0.3 is 13.7 Å². The van der Waals surface area contributed by atoms with Crippen molar-refractivity contribution in [3.05, 3.63) is 217 Å². The van der Waals surface area contributed by atoms with Crippen LogP contribution in [0.5, 0.6) is 0 Å². The quantitative estimate of drug-likeness (QED) is 0.159. The maximum absolute atomic E-state index is 15.2. The molecular weight excluding hydrogens is 765 g/mol. The fraction of sp³-hybridized carbons (Fsp3) is 0.0526. The van der Waals surface area contributed by atoms with Gasteiger partial charge in [-0.25, -0.2) is 8.78 Å². The van der Waals surface area contributed by atoms with Crippen LogP contribution in [0.15, 0.2) is 200 Å². The molecule has 12 rings (SSSR count). The molecule has 0 spiro atoms. The Morgan fingerprint density at radius 2 is 0.613 bits per heavy atom. The van der Waals surface area contributed by atoms with Crippen LogP contribution in [0.4, 0.5) is 8.78 Å². The molecule has 0 aliphatic rings. The van der Waals surface area contributed by atoms with E-state index in [9.17, 15) is 0 Å². The van der Waals surface area contributed by atoms with Crippen LogP contribution >= 0.6 is 0 Å². The van der Waals surface area contributed by atoms with Crippen molar-refractivity contribution in [2.45, 2.75) is 19.4 Å². The smallest absolute Gasteiger partial charge is 0.123 e. The van der Waals surface area contributed by atoms with E-state index in [1.54, 1.807) is 24.3 Å². The van der Waals surface area contributed by atoms with E-state index in [-0.39, 0.29) is 11.6 Å². The maximum Gasteiger partial charge on any atom is 0.123 e.